The molecule has 36 heavy (non-hydrogen) atoms. The van der Waals surface area contributed by atoms with Gasteiger partial charge in [-0.25, -0.2) is 4.68 Å². The SMILES string of the molecule is Cc1ccc(-n2nc3c(N4CCC(C(=O)N5CCC(N6CCC6)CC5)CC4)nnc(C)c3c2C)cc1. The van der Waals surface area contributed by atoms with Crippen LogP contribution in [0, 0.1) is 26.7 Å². The minimum atomic E-state index is 0.113. The average Bonchev–Trinajstić information content (AvgIpc) is 3.22. The minimum absolute atomic E-state index is 0.113. The Morgan fingerprint density at radius 2 is 1.56 bits per heavy atom. The number of aromatic nitrogens is 4. The van der Waals surface area contributed by atoms with Crippen LogP contribution in [-0.2, 0) is 4.79 Å². The summed E-state index contributed by atoms with van der Waals surface area (Å²) in [6.45, 7) is 12.1. The van der Waals surface area contributed by atoms with Crippen molar-refractivity contribution in [2.45, 2.75) is 58.9 Å². The van der Waals surface area contributed by atoms with Crippen molar-refractivity contribution < 1.29 is 4.79 Å². The number of benzene rings is 1. The van der Waals surface area contributed by atoms with Crippen molar-refractivity contribution in [2.75, 3.05) is 44.2 Å². The molecule has 0 bridgehead atoms. The number of hydrogen-bond acceptors (Lipinski definition) is 6. The van der Waals surface area contributed by atoms with E-state index in [9.17, 15) is 4.79 Å². The smallest absolute Gasteiger partial charge is 0.225 e. The molecule has 0 aliphatic carbocycles. The third-order valence-corrected chi connectivity index (χ3v) is 8.59. The van der Waals surface area contributed by atoms with E-state index in [1.165, 1.54) is 25.1 Å². The molecule has 0 radical (unpaired) electrons. The number of aryl methyl sites for hydroxylation is 3. The maximum atomic E-state index is 13.3. The van der Waals surface area contributed by atoms with Gasteiger partial charge in [-0.15, -0.1) is 5.10 Å². The summed E-state index contributed by atoms with van der Waals surface area (Å²) in [6.07, 6.45) is 5.31. The molecule has 3 aromatic rings. The summed E-state index contributed by atoms with van der Waals surface area (Å²) in [6, 6.07) is 9.12. The van der Waals surface area contributed by atoms with Gasteiger partial charge >= 0.3 is 0 Å². The number of carbonyl (C=O) groups is 1. The van der Waals surface area contributed by atoms with Crippen molar-refractivity contribution in [2.24, 2.45) is 5.92 Å². The average molecular weight is 488 g/mol. The van der Waals surface area contributed by atoms with Crippen molar-refractivity contribution >= 4 is 22.6 Å². The number of rotatable bonds is 4. The van der Waals surface area contributed by atoms with Crippen LogP contribution in [0.2, 0.25) is 0 Å². The molecule has 8 heteroatoms. The first-order valence-electron chi connectivity index (χ1n) is 13.6. The summed E-state index contributed by atoms with van der Waals surface area (Å²) in [7, 11) is 0. The van der Waals surface area contributed by atoms with Crippen LogP contribution >= 0.6 is 0 Å². The van der Waals surface area contributed by atoms with Crippen molar-refractivity contribution in [1.29, 1.82) is 0 Å². The number of fused-ring (bicyclic) bond motifs is 1. The van der Waals surface area contributed by atoms with Crippen LogP contribution in [0.3, 0.4) is 0 Å². The number of likely N-dealkylation sites (tertiary alicyclic amines) is 2. The molecule has 3 aliphatic heterocycles. The molecule has 8 nitrogen and oxygen atoms in total. The van der Waals surface area contributed by atoms with E-state index in [1.807, 2.05) is 11.6 Å². The Morgan fingerprint density at radius 1 is 0.861 bits per heavy atom. The molecule has 5 heterocycles. The molecule has 0 N–H and O–H groups in total. The fourth-order valence-corrected chi connectivity index (χ4v) is 6.22. The monoisotopic (exact) mass is 487 g/mol. The molecule has 1 amide bonds. The third kappa shape index (κ3) is 4.15. The van der Waals surface area contributed by atoms with Gasteiger partial charge in [-0.1, -0.05) is 17.7 Å². The summed E-state index contributed by atoms with van der Waals surface area (Å²) in [4.78, 5) is 20.3. The fourth-order valence-electron chi connectivity index (χ4n) is 6.22. The normalized spacial score (nSPS) is 20.2. The summed E-state index contributed by atoms with van der Waals surface area (Å²) in [5.41, 5.74) is 5.15. The lowest BCUT2D eigenvalue weighted by Gasteiger charge is -2.44. The highest BCUT2D eigenvalue weighted by Gasteiger charge is 2.34. The highest BCUT2D eigenvalue weighted by molar-refractivity contribution is 5.92. The molecule has 190 valence electrons. The standard InChI is InChI=1S/C28H37N7O/c1-19-5-7-24(8-6-19)35-21(3)25-20(2)29-30-27(26(25)31-35)33-15-9-22(10-16-33)28(36)34-17-11-23(12-18-34)32-13-4-14-32/h5-8,22-23H,4,9-18H2,1-3H3. The molecule has 0 saturated carbocycles. The fraction of sp³-hybridized carbons (Fsp3) is 0.571. The highest BCUT2D eigenvalue weighted by atomic mass is 16.2. The molecule has 1 aromatic carbocycles. The van der Waals surface area contributed by atoms with Gasteiger partial charge in [-0.2, -0.15) is 10.2 Å². The molecule has 3 aliphatic rings. The van der Waals surface area contributed by atoms with Crippen molar-refractivity contribution in [3.63, 3.8) is 0 Å². The Bertz CT molecular complexity index is 1250. The van der Waals surface area contributed by atoms with Crippen LogP contribution in [0.4, 0.5) is 5.82 Å². The van der Waals surface area contributed by atoms with Crippen LogP contribution in [0.1, 0.15) is 49.1 Å². The highest BCUT2D eigenvalue weighted by Crippen LogP contribution is 2.32. The van der Waals surface area contributed by atoms with Gasteiger partial charge in [0, 0.05) is 38.1 Å². The zero-order chi connectivity index (χ0) is 24.8. The van der Waals surface area contributed by atoms with Gasteiger partial charge in [0.25, 0.3) is 0 Å². The first-order chi connectivity index (χ1) is 17.5. The van der Waals surface area contributed by atoms with E-state index in [4.69, 9.17) is 5.10 Å². The predicted octanol–water partition coefficient (Wildman–Crippen LogP) is 3.65. The Labute approximate surface area is 213 Å². The number of amides is 1. The minimum Gasteiger partial charge on any atom is -0.353 e. The maximum absolute atomic E-state index is 13.3. The first kappa shape index (κ1) is 23.4. The molecular weight excluding hydrogens is 450 g/mol. The van der Waals surface area contributed by atoms with Crippen molar-refractivity contribution in [1.82, 2.24) is 29.8 Å². The Hall–Kier alpha value is -3.00. The number of hydrogen-bond donors (Lipinski definition) is 0. The summed E-state index contributed by atoms with van der Waals surface area (Å²) in [5.74, 6) is 1.31. The molecule has 2 aromatic heterocycles. The zero-order valence-corrected chi connectivity index (χ0v) is 21.8. The number of piperidine rings is 2. The quantitative estimate of drug-likeness (QED) is 0.560. The predicted molar refractivity (Wildman–Crippen MR) is 142 cm³/mol. The molecule has 3 saturated heterocycles. The van der Waals surface area contributed by atoms with Crippen LogP contribution in [0.5, 0.6) is 0 Å². The second-order valence-corrected chi connectivity index (χ2v) is 10.9. The van der Waals surface area contributed by atoms with E-state index in [-0.39, 0.29) is 5.92 Å². The van der Waals surface area contributed by atoms with E-state index in [0.29, 0.717) is 11.9 Å². The van der Waals surface area contributed by atoms with Gasteiger partial charge in [0.1, 0.15) is 5.52 Å². The van der Waals surface area contributed by atoms with Gasteiger partial charge in [-0.05, 0) is 78.1 Å². The Balaban J connectivity index is 1.16. The Kier molecular flexibility index (Phi) is 6.15. The summed E-state index contributed by atoms with van der Waals surface area (Å²) < 4.78 is 2.00. The lowest BCUT2D eigenvalue weighted by Crippen LogP contribution is -2.52. The van der Waals surface area contributed by atoms with Gasteiger partial charge in [-0.3, -0.25) is 4.79 Å². The van der Waals surface area contributed by atoms with Crippen LogP contribution in [0.25, 0.3) is 16.6 Å². The topological polar surface area (TPSA) is 70.4 Å². The lowest BCUT2D eigenvalue weighted by atomic mass is 9.93. The lowest BCUT2D eigenvalue weighted by molar-refractivity contribution is -0.138. The zero-order valence-electron chi connectivity index (χ0n) is 21.8. The number of nitrogens with zero attached hydrogens (tertiary/aromatic N) is 7. The Morgan fingerprint density at radius 3 is 2.19 bits per heavy atom. The van der Waals surface area contributed by atoms with E-state index < -0.39 is 0 Å². The van der Waals surface area contributed by atoms with Crippen LogP contribution < -0.4 is 4.90 Å². The van der Waals surface area contributed by atoms with Gasteiger partial charge in [0.2, 0.25) is 5.91 Å². The number of anilines is 1. The second-order valence-electron chi connectivity index (χ2n) is 10.9. The van der Waals surface area contributed by atoms with Crippen molar-refractivity contribution in [3.05, 3.63) is 41.2 Å². The first-order valence-corrected chi connectivity index (χ1v) is 13.6. The third-order valence-electron chi connectivity index (χ3n) is 8.59. The summed E-state index contributed by atoms with van der Waals surface area (Å²) >= 11 is 0. The van der Waals surface area contributed by atoms with E-state index in [0.717, 1.165) is 85.7 Å². The molecule has 6 rings (SSSR count). The molecule has 0 spiro atoms. The molecule has 3 fully saturated rings. The van der Waals surface area contributed by atoms with Gasteiger partial charge < -0.3 is 14.7 Å². The molecule has 0 unspecified atom stereocenters. The van der Waals surface area contributed by atoms with Crippen molar-refractivity contribution in [3.8, 4) is 5.69 Å². The molecule has 0 atom stereocenters. The largest absolute Gasteiger partial charge is 0.353 e. The van der Waals surface area contributed by atoms with Gasteiger partial charge in [0.05, 0.1) is 22.5 Å². The second kappa shape index (κ2) is 9.47. The molecular formula is C28H37N7O. The van der Waals surface area contributed by atoms with Gasteiger partial charge in [0.15, 0.2) is 5.82 Å². The summed E-state index contributed by atoms with van der Waals surface area (Å²) in [5, 5.41) is 15.2. The van der Waals surface area contributed by atoms with E-state index in [2.05, 4.69) is 63.0 Å². The number of carbonyl (C=O) groups excluding carboxylic acids is 1. The maximum Gasteiger partial charge on any atom is 0.225 e. The van der Waals surface area contributed by atoms with Crippen LogP contribution in [0.15, 0.2) is 24.3 Å². The van der Waals surface area contributed by atoms with Crippen LogP contribution in [-0.4, -0.2) is 81.0 Å². The van der Waals surface area contributed by atoms with E-state index >= 15 is 0 Å². The van der Waals surface area contributed by atoms with E-state index in [1.54, 1.807) is 0 Å².